The molecule has 0 aliphatic carbocycles. The van der Waals surface area contributed by atoms with E-state index in [1.807, 2.05) is 0 Å². The number of carbonyl (C=O) groups excluding carboxylic acids is 2. The van der Waals surface area contributed by atoms with Crippen LogP contribution in [0.25, 0.3) is 0 Å². The Bertz CT molecular complexity index is 550. The van der Waals surface area contributed by atoms with Gasteiger partial charge in [0.2, 0.25) is 0 Å². The minimum absolute atomic E-state index is 0.262. The molecule has 0 saturated heterocycles. The maximum absolute atomic E-state index is 12.6. The fraction of sp³-hybridized carbons (Fsp3) is 0.943. The number of ether oxygens (including phenoxy) is 1. The Labute approximate surface area is 248 Å². The highest BCUT2D eigenvalue weighted by Gasteiger charge is 2.29. The Balaban J connectivity index is 3.81. The summed E-state index contributed by atoms with van der Waals surface area (Å²) in [7, 11) is 0. The van der Waals surface area contributed by atoms with Crippen LogP contribution in [0.1, 0.15) is 194 Å². The van der Waals surface area contributed by atoms with Gasteiger partial charge < -0.3 is 14.9 Å². The minimum Gasteiger partial charge on any atom is -0.451 e. The van der Waals surface area contributed by atoms with Crippen LogP contribution in [0.4, 0.5) is 0 Å². The van der Waals surface area contributed by atoms with E-state index in [4.69, 9.17) is 4.74 Å². The van der Waals surface area contributed by atoms with E-state index in [0.29, 0.717) is 0 Å². The van der Waals surface area contributed by atoms with Crippen LogP contribution in [0.5, 0.6) is 0 Å². The molecule has 0 aliphatic heterocycles. The second-order valence-corrected chi connectivity index (χ2v) is 12.1. The first-order valence-corrected chi connectivity index (χ1v) is 17.6. The van der Waals surface area contributed by atoms with Crippen molar-refractivity contribution in [1.29, 1.82) is 0 Å². The third-order valence-corrected chi connectivity index (χ3v) is 8.12. The molecule has 5 heteroatoms. The average molecular weight is 569 g/mol. The summed E-state index contributed by atoms with van der Waals surface area (Å²) in [6, 6.07) is 0. The molecule has 0 radical (unpaired) electrons. The molecule has 0 bridgehead atoms. The molecule has 40 heavy (non-hydrogen) atoms. The highest BCUT2D eigenvalue weighted by atomic mass is 16.6. The summed E-state index contributed by atoms with van der Waals surface area (Å²) in [4.78, 5) is 24.9. The zero-order valence-electron chi connectivity index (χ0n) is 26.8. The highest BCUT2D eigenvalue weighted by Crippen LogP contribution is 2.16. The molecule has 238 valence electrons. The predicted octanol–water partition coefficient (Wildman–Crippen LogP) is 9.78. The van der Waals surface area contributed by atoms with Gasteiger partial charge in [0.25, 0.3) is 0 Å². The van der Waals surface area contributed by atoms with Gasteiger partial charge in [-0.05, 0) is 12.8 Å². The maximum atomic E-state index is 12.6. The number of rotatable bonds is 32. The van der Waals surface area contributed by atoms with Crippen LogP contribution in [-0.2, 0) is 14.3 Å². The van der Waals surface area contributed by atoms with Crippen molar-refractivity contribution >= 4 is 11.8 Å². The predicted molar refractivity (Wildman–Crippen MR) is 169 cm³/mol. The molecule has 2 atom stereocenters. The molecule has 0 aromatic rings. The van der Waals surface area contributed by atoms with Crippen molar-refractivity contribution in [3.63, 3.8) is 0 Å². The molecule has 2 N–H and O–H groups in total. The molecule has 0 saturated carbocycles. The monoisotopic (exact) mass is 569 g/mol. The van der Waals surface area contributed by atoms with Crippen molar-refractivity contribution in [3.8, 4) is 0 Å². The second kappa shape index (κ2) is 31.0. The van der Waals surface area contributed by atoms with Gasteiger partial charge >= 0.3 is 5.97 Å². The molecule has 0 aromatic carbocycles. The van der Waals surface area contributed by atoms with Crippen LogP contribution < -0.4 is 0 Å². The largest absolute Gasteiger partial charge is 0.451 e. The Morgan fingerprint density at radius 3 is 1.12 bits per heavy atom. The number of esters is 1. The van der Waals surface area contributed by atoms with Gasteiger partial charge in [-0.25, -0.2) is 0 Å². The van der Waals surface area contributed by atoms with Crippen LogP contribution >= 0.6 is 0 Å². The van der Waals surface area contributed by atoms with Crippen molar-refractivity contribution < 1.29 is 24.5 Å². The lowest BCUT2D eigenvalue weighted by molar-refractivity contribution is -0.163. The zero-order valence-corrected chi connectivity index (χ0v) is 26.8. The zero-order chi connectivity index (χ0) is 29.5. The van der Waals surface area contributed by atoms with Gasteiger partial charge in [-0.15, -0.1) is 0 Å². The standard InChI is InChI=1S/C35H68O5/c1-3-5-7-9-11-13-15-17-19-21-23-25-27-29-32(37)35(33(38)31-36)40-34(39)30-28-26-24-22-20-18-16-14-12-10-8-6-4-2/h33,35-36,38H,3-31H2,1-2H3. The molecular formula is C35H68O5. The molecule has 0 amide bonds. The van der Waals surface area contributed by atoms with Gasteiger partial charge in [0.05, 0.1) is 6.61 Å². The van der Waals surface area contributed by atoms with E-state index in [9.17, 15) is 19.8 Å². The Morgan fingerprint density at radius 2 is 0.800 bits per heavy atom. The van der Waals surface area contributed by atoms with Crippen LogP contribution in [0.2, 0.25) is 0 Å². The molecule has 0 spiro atoms. The van der Waals surface area contributed by atoms with Crippen LogP contribution in [0, 0.1) is 0 Å². The Hall–Kier alpha value is -0.940. The molecule has 0 rings (SSSR count). The van der Waals surface area contributed by atoms with E-state index in [0.717, 1.165) is 38.5 Å². The molecular weight excluding hydrogens is 500 g/mol. The minimum atomic E-state index is -1.34. The number of carbonyl (C=O) groups is 2. The van der Waals surface area contributed by atoms with Crippen molar-refractivity contribution in [2.24, 2.45) is 0 Å². The third-order valence-electron chi connectivity index (χ3n) is 8.12. The van der Waals surface area contributed by atoms with E-state index >= 15 is 0 Å². The van der Waals surface area contributed by atoms with E-state index in [1.54, 1.807) is 0 Å². The molecule has 0 aliphatic rings. The van der Waals surface area contributed by atoms with Gasteiger partial charge in [0.1, 0.15) is 6.10 Å². The number of Topliss-reactive ketones (excluding diaryl/α,β-unsaturated/α-hetero) is 1. The second-order valence-electron chi connectivity index (χ2n) is 12.1. The summed E-state index contributed by atoms with van der Waals surface area (Å²) in [6.07, 6.45) is 30.1. The van der Waals surface area contributed by atoms with Crippen LogP contribution in [0.15, 0.2) is 0 Å². The summed E-state index contributed by atoms with van der Waals surface area (Å²) >= 11 is 0. The van der Waals surface area contributed by atoms with Crippen LogP contribution in [-0.4, -0.2) is 40.8 Å². The molecule has 0 aromatic heterocycles. The molecule has 2 unspecified atom stereocenters. The number of aliphatic hydroxyl groups excluding tert-OH is 2. The van der Waals surface area contributed by atoms with Crippen molar-refractivity contribution in [3.05, 3.63) is 0 Å². The van der Waals surface area contributed by atoms with Gasteiger partial charge in [0, 0.05) is 12.8 Å². The van der Waals surface area contributed by atoms with E-state index in [1.165, 1.54) is 128 Å². The van der Waals surface area contributed by atoms with Crippen LogP contribution in [0.3, 0.4) is 0 Å². The SMILES string of the molecule is CCCCCCCCCCCCCCCC(=O)OC(C(=O)CCCCCCCCCCCCCCC)C(O)CO. The van der Waals surface area contributed by atoms with E-state index < -0.39 is 24.8 Å². The van der Waals surface area contributed by atoms with E-state index in [-0.39, 0.29) is 18.6 Å². The first-order chi connectivity index (χ1) is 19.6. The molecule has 5 nitrogen and oxygen atoms in total. The fourth-order valence-electron chi connectivity index (χ4n) is 5.40. The lowest BCUT2D eigenvalue weighted by Crippen LogP contribution is -2.40. The van der Waals surface area contributed by atoms with Crippen molar-refractivity contribution in [2.45, 2.75) is 206 Å². The van der Waals surface area contributed by atoms with E-state index in [2.05, 4.69) is 13.8 Å². The topological polar surface area (TPSA) is 83.8 Å². The first-order valence-electron chi connectivity index (χ1n) is 17.6. The lowest BCUT2D eigenvalue weighted by Gasteiger charge is -2.20. The summed E-state index contributed by atoms with van der Waals surface area (Å²) in [5.41, 5.74) is 0. The molecule has 0 fully saturated rings. The lowest BCUT2D eigenvalue weighted by atomic mass is 10.0. The Morgan fingerprint density at radius 1 is 0.500 bits per heavy atom. The number of hydrogen-bond acceptors (Lipinski definition) is 5. The van der Waals surface area contributed by atoms with Gasteiger partial charge in [-0.1, -0.05) is 168 Å². The average Bonchev–Trinajstić information content (AvgIpc) is 2.96. The quantitative estimate of drug-likeness (QED) is 0.0623. The number of unbranched alkanes of at least 4 members (excludes halogenated alkanes) is 24. The van der Waals surface area contributed by atoms with Crippen molar-refractivity contribution in [1.82, 2.24) is 0 Å². The third kappa shape index (κ3) is 26.0. The fourth-order valence-corrected chi connectivity index (χ4v) is 5.40. The first kappa shape index (κ1) is 39.1. The maximum Gasteiger partial charge on any atom is 0.306 e. The van der Waals surface area contributed by atoms with Gasteiger partial charge in [0.15, 0.2) is 11.9 Å². The summed E-state index contributed by atoms with van der Waals surface area (Å²) in [5, 5.41) is 19.4. The summed E-state index contributed by atoms with van der Waals surface area (Å²) < 4.78 is 5.34. The number of aliphatic hydroxyl groups is 2. The normalized spacial score (nSPS) is 12.9. The number of ketones is 1. The summed E-state index contributed by atoms with van der Waals surface area (Å²) in [5.74, 6) is -0.720. The number of hydrogen-bond donors (Lipinski definition) is 2. The van der Waals surface area contributed by atoms with Crippen molar-refractivity contribution in [2.75, 3.05) is 6.61 Å². The highest BCUT2D eigenvalue weighted by molar-refractivity contribution is 5.86. The van der Waals surface area contributed by atoms with Gasteiger partial charge in [-0.2, -0.15) is 0 Å². The Kier molecular flexibility index (Phi) is 30.3. The van der Waals surface area contributed by atoms with Gasteiger partial charge in [-0.3, -0.25) is 9.59 Å². The molecule has 0 heterocycles. The smallest absolute Gasteiger partial charge is 0.306 e. The summed E-state index contributed by atoms with van der Waals surface area (Å²) in [6.45, 7) is 3.93.